The molecule has 0 bridgehead atoms. The molecule has 1 atom stereocenters. The lowest BCUT2D eigenvalue weighted by molar-refractivity contribution is 0.121. The molecule has 2 aromatic carbocycles. The number of benzene rings is 2. The van der Waals surface area contributed by atoms with Crippen LogP contribution in [0.5, 0.6) is 0 Å². The van der Waals surface area contributed by atoms with Gasteiger partial charge in [0.1, 0.15) is 11.4 Å². The van der Waals surface area contributed by atoms with Gasteiger partial charge in [0, 0.05) is 26.2 Å². The van der Waals surface area contributed by atoms with Crippen LogP contribution < -0.4 is 15.1 Å². The van der Waals surface area contributed by atoms with Crippen molar-refractivity contribution in [3.63, 3.8) is 0 Å². The highest BCUT2D eigenvalue weighted by molar-refractivity contribution is 6.11. The summed E-state index contributed by atoms with van der Waals surface area (Å²) in [5.74, 6) is 1.67. The fourth-order valence-corrected chi connectivity index (χ4v) is 4.95. The second-order valence-electron chi connectivity index (χ2n) is 9.02. The molecule has 0 amide bonds. The van der Waals surface area contributed by atoms with Gasteiger partial charge in [0.05, 0.1) is 38.2 Å². The number of aliphatic imine (C=N–C) groups is 1. The average Bonchev–Trinajstić information content (AvgIpc) is 2.94. The standard InChI is InChI=1S/C27H30N6O2/c1-3-7-20(8-4-1)19-22-23(21-9-5-2-6-10-21)29-25-24(28-22)26(32-11-15-34-16-12-32)30-31-27(25)33-13-17-35-18-14-33/h1-10,22,28H,11-19H2. The molecule has 3 aliphatic heterocycles. The summed E-state index contributed by atoms with van der Waals surface area (Å²) in [7, 11) is 0. The smallest absolute Gasteiger partial charge is 0.179 e. The van der Waals surface area contributed by atoms with E-state index in [1.807, 2.05) is 6.07 Å². The Morgan fingerprint density at radius 1 is 0.743 bits per heavy atom. The summed E-state index contributed by atoms with van der Waals surface area (Å²) in [6.45, 7) is 5.88. The largest absolute Gasteiger partial charge is 0.378 e. The zero-order chi connectivity index (χ0) is 23.5. The molecule has 1 unspecified atom stereocenters. The van der Waals surface area contributed by atoms with Crippen molar-refractivity contribution in [2.75, 3.05) is 67.7 Å². The molecule has 2 fully saturated rings. The van der Waals surface area contributed by atoms with Gasteiger partial charge in [-0.15, -0.1) is 10.2 Å². The fourth-order valence-electron chi connectivity index (χ4n) is 4.95. The van der Waals surface area contributed by atoms with Gasteiger partial charge in [-0.05, 0) is 17.5 Å². The summed E-state index contributed by atoms with van der Waals surface area (Å²) < 4.78 is 11.2. The van der Waals surface area contributed by atoms with Gasteiger partial charge in [-0.2, -0.15) is 0 Å². The lowest BCUT2D eigenvalue weighted by atomic mass is 9.94. The van der Waals surface area contributed by atoms with E-state index in [9.17, 15) is 0 Å². The van der Waals surface area contributed by atoms with Crippen molar-refractivity contribution in [3.05, 3.63) is 71.8 Å². The van der Waals surface area contributed by atoms with Crippen molar-refractivity contribution >= 4 is 28.7 Å². The predicted molar refractivity (Wildman–Crippen MR) is 138 cm³/mol. The molecule has 0 radical (unpaired) electrons. The van der Waals surface area contributed by atoms with Crippen LogP contribution in [-0.2, 0) is 15.9 Å². The third kappa shape index (κ3) is 4.59. The van der Waals surface area contributed by atoms with Crippen molar-refractivity contribution in [1.29, 1.82) is 0 Å². The Balaban J connectivity index is 1.48. The second kappa shape index (κ2) is 10.0. The minimum absolute atomic E-state index is 0.00818. The van der Waals surface area contributed by atoms with Gasteiger partial charge >= 0.3 is 0 Å². The molecule has 6 rings (SSSR count). The van der Waals surface area contributed by atoms with E-state index in [-0.39, 0.29) is 6.04 Å². The molecule has 1 N–H and O–H groups in total. The maximum absolute atomic E-state index is 5.60. The Kier molecular flexibility index (Phi) is 6.30. The molecular formula is C27H30N6O2. The Morgan fingerprint density at radius 2 is 1.31 bits per heavy atom. The van der Waals surface area contributed by atoms with Crippen LogP contribution in [0.1, 0.15) is 11.1 Å². The number of aromatic nitrogens is 2. The number of ether oxygens (including phenoxy) is 2. The van der Waals surface area contributed by atoms with Crippen LogP contribution in [0.25, 0.3) is 0 Å². The van der Waals surface area contributed by atoms with Crippen LogP contribution in [0.4, 0.5) is 23.0 Å². The van der Waals surface area contributed by atoms with Crippen molar-refractivity contribution in [3.8, 4) is 0 Å². The Morgan fingerprint density at radius 3 is 1.97 bits per heavy atom. The zero-order valence-electron chi connectivity index (χ0n) is 19.8. The van der Waals surface area contributed by atoms with E-state index < -0.39 is 0 Å². The van der Waals surface area contributed by atoms with Crippen molar-refractivity contribution in [1.82, 2.24) is 10.2 Å². The fraction of sp³-hybridized carbons (Fsp3) is 0.370. The van der Waals surface area contributed by atoms with Gasteiger partial charge in [0.2, 0.25) is 0 Å². The van der Waals surface area contributed by atoms with Gasteiger partial charge in [-0.1, -0.05) is 60.7 Å². The lowest BCUT2D eigenvalue weighted by Crippen LogP contribution is -2.41. The number of anilines is 3. The molecule has 2 saturated heterocycles. The number of nitrogens with one attached hydrogen (secondary N) is 1. The van der Waals surface area contributed by atoms with Crippen molar-refractivity contribution in [2.24, 2.45) is 4.99 Å². The third-order valence-electron chi connectivity index (χ3n) is 6.77. The first-order chi connectivity index (χ1) is 17.4. The molecule has 0 saturated carbocycles. The first-order valence-electron chi connectivity index (χ1n) is 12.4. The number of morpholine rings is 2. The summed E-state index contributed by atoms with van der Waals surface area (Å²) in [6.07, 6.45) is 0.825. The van der Waals surface area contributed by atoms with E-state index in [1.54, 1.807) is 0 Å². The number of rotatable bonds is 5. The van der Waals surface area contributed by atoms with E-state index in [0.29, 0.717) is 26.4 Å². The maximum Gasteiger partial charge on any atom is 0.179 e. The number of hydrogen-bond acceptors (Lipinski definition) is 8. The van der Waals surface area contributed by atoms with Gasteiger partial charge < -0.3 is 24.6 Å². The number of nitrogens with zero attached hydrogens (tertiary/aromatic N) is 5. The summed E-state index contributed by atoms with van der Waals surface area (Å²) in [4.78, 5) is 9.83. The maximum atomic E-state index is 5.60. The summed E-state index contributed by atoms with van der Waals surface area (Å²) in [5, 5.41) is 13.3. The molecule has 4 heterocycles. The first-order valence-corrected chi connectivity index (χ1v) is 12.4. The van der Waals surface area contributed by atoms with E-state index in [4.69, 9.17) is 24.7 Å². The molecule has 3 aromatic rings. The van der Waals surface area contributed by atoms with Gasteiger partial charge in [0.25, 0.3) is 0 Å². The Hall–Kier alpha value is -3.49. The third-order valence-corrected chi connectivity index (χ3v) is 6.77. The number of hydrogen-bond donors (Lipinski definition) is 1. The first kappa shape index (κ1) is 22.0. The van der Waals surface area contributed by atoms with Crippen LogP contribution in [-0.4, -0.2) is 74.6 Å². The minimum Gasteiger partial charge on any atom is -0.378 e. The molecule has 1 aromatic heterocycles. The van der Waals surface area contributed by atoms with Crippen LogP contribution >= 0.6 is 0 Å². The van der Waals surface area contributed by atoms with Gasteiger partial charge in [-0.25, -0.2) is 4.99 Å². The molecule has 35 heavy (non-hydrogen) atoms. The molecule has 0 spiro atoms. The highest BCUT2D eigenvalue weighted by Gasteiger charge is 2.32. The number of fused-ring (bicyclic) bond motifs is 1. The zero-order valence-corrected chi connectivity index (χ0v) is 19.8. The SMILES string of the molecule is c1ccc(CC2Nc3c(N4CCOCC4)nnc(N4CCOCC4)c3N=C2c2ccccc2)cc1. The second-order valence-corrected chi connectivity index (χ2v) is 9.02. The van der Waals surface area contributed by atoms with Gasteiger partial charge in [-0.3, -0.25) is 0 Å². The average molecular weight is 471 g/mol. The van der Waals surface area contributed by atoms with E-state index in [1.165, 1.54) is 5.56 Å². The lowest BCUT2D eigenvalue weighted by Gasteiger charge is -2.36. The molecule has 8 nitrogen and oxygen atoms in total. The summed E-state index contributed by atoms with van der Waals surface area (Å²) in [5.41, 5.74) is 5.23. The molecule has 8 heteroatoms. The topological polar surface area (TPSA) is 75.1 Å². The quantitative estimate of drug-likeness (QED) is 0.613. The summed E-state index contributed by atoms with van der Waals surface area (Å²) >= 11 is 0. The normalized spacial score (nSPS) is 20.1. The minimum atomic E-state index is 0.00818. The molecular weight excluding hydrogens is 440 g/mol. The van der Waals surface area contributed by atoms with Crippen LogP contribution in [0.3, 0.4) is 0 Å². The summed E-state index contributed by atoms with van der Waals surface area (Å²) in [6, 6.07) is 21.0. The van der Waals surface area contributed by atoms with E-state index in [0.717, 1.165) is 66.9 Å². The molecule has 180 valence electrons. The highest BCUT2D eigenvalue weighted by Crippen LogP contribution is 2.44. The molecule has 0 aliphatic carbocycles. The van der Waals surface area contributed by atoms with Gasteiger partial charge in [0.15, 0.2) is 11.6 Å². The van der Waals surface area contributed by atoms with Crippen molar-refractivity contribution in [2.45, 2.75) is 12.5 Å². The molecule has 3 aliphatic rings. The Bertz CT molecular complexity index is 1180. The van der Waals surface area contributed by atoms with Crippen LogP contribution in [0.15, 0.2) is 65.7 Å². The predicted octanol–water partition coefficient (Wildman–Crippen LogP) is 3.31. The van der Waals surface area contributed by atoms with E-state index >= 15 is 0 Å². The van der Waals surface area contributed by atoms with Crippen LogP contribution in [0.2, 0.25) is 0 Å². The van der Waals surface area contributed by atoms with Crippen molar-refractivity contribution < 1.29 is 9.47 Å². The monoisotopic (exact) mass is 470 g/mol. The van der Waals surface area contributed by atoms with E-state index in [2.05, 4.69) is 69.7 Å². The Labute approximate surface area is 205 Å². The highest BCUT2D eigenvalue weighted by atomic mass is 16.5. The van der Waals surface area contributed by atoms with Crippen LogP contribution in [0, 0.1) is 0 Å².